The largest absolute Gasteiger partial charge is 0.465 e. The first-order valence-corrected chi connectivity index (χ1v) is 5.74. The highest BCUT2D eigenvalue weighted by molar-refractivity contribution is 5.96. The molecule has 7 nitrogen and oxygen atoms in total. The molecule has 2 rings (SSSR count). The molecule has 0 aliphatic heterocycles. The third-order valence-corrected chi connectivity index (χ3v) is 2.65. The van der Waals surface area contributed by atoms with E-state index in [4.69, 9.17) is 16.2 Å². The van der Waals surface area contributed by atoms with E-state index in [1.165, 1.54) is 10.6 Å². The number of rotatable bonds is 4. The standard InChI is InChI=1S/C12H14N4O3/c1-2-19-10(17)6-16-9-4-3-7(11(13)18)5-8(9)15-12(16)14/h3-5H,2,6H2,1H3,(H2,13,18)(H2,14,15). The second-order valence-electron chi connectivity index (χ2n) is 3.93. The monoisotopic (exact) mass is 262 g/mol. The van der Waals surface area contributed by atoms with Gasteiger partial charge in [-0.15, -0.1) is 0 Å². The molecule has 1 heterocycles. The fourth-order valence-electron chi connectivity index (χ4n) is 1.80. The Morgan fingerprint density at radius 3 is 2.79 bits per heavy atom. The molecule has 0 aliphatic carbocycles. The zero-order valence-electron chi connectivity index (χ0n) is 10.4. The fourth-order valence-corrected chi connectivity index (χ4v) is 1.80. The average Bonchev–Trinajstić information content (AvgIpc) is 2.65. The Morgan fingerprint density at radius 2 is 2.16 bits per heavy atom. The molecule has 0 saturated carbocycles. The highest BCUT2D eigenvalue weighted by Gasteiger charge is 2.13. The fraction of sp³-hybridized carbons (Fsp3) is 0.250. The zero-order chi connectivity index (χ0) is 14.0. The molecule has 0 aliphatic rings. The first-order chi connectivity index (χ1) is 9.02. The summed E-state index contributed by atoms with van der Waals surface area (Å²) in [6, 6.07) is 4.75. The molecule has 0 unspecified atom stereocenters. The van der Waals surface area contributed by atoms with Crippen molar-refractivity contribution in [2.45, 2.75) is 13.5 Å². The number of aromatic nitrogens is 2. The van der Waals surface area contributed by atoms with Crippen molar-refractivity contribution in [2.24, 2.45) is 5.73 Å². The van der Waals surface area contributed by atoms with Gasteiger partial charge in [0, 0.05) is 5.56 Å². The number of nitrogens with two attached hydrogens (primary N) is 2. The number of carbonyl (C=O) groups excluding carboxylic acids is 2. The van der Waals surface area contributed by atoms with Gasteiger partial charge < -0.3 is 16.2 Å². The van der Waals surface area contributed by atoms with Gasteiger partial charge in [-0.2, -0.15) is 0 Å². The van der Waals surface area contributed by atoms with Crippen LogP contribution in [0.2, 0.25) is 0 Å². The van der Waals surface area contributed by atoms with Crippen molar-refractivity contribution >= 4 is 28.9 Å². The number of benzene rings is 1. The van der Waals surface area contributed by atoms with Gasteiger partial charge in [-0.3, -0.25) is 14.2 Å². The molecule has 1 aromatic carbocycles. The van der Waals surface area contributed by atoms with Crippen LogP contribution in [0.15, 0.2) is 18.2 Å². The number of fused-ring (bicyclic) bond motifs is 1. The minimum Gasteiger partial charge on any atom is -0.465 e. The van der Waals surface area contributed by atoms with Crippen LogP contribution < -0.4 is 11.5 Å². The number of esters is 1. The van der Waals surface area contributed by atoms with Gasteiger partial charge in [0.15, 0.2) is 0 Å². The summed E-state index contributed by atoms with van der Waals surface area (Å²) >= 11 is 0. The minimum atomic E-state index is -0.541. The number of hydrogen-bond donors (Lipinski definition) is 2. The summed E-state index contributed by atoms with van der Waals surface area (Å²) in [6.07, 6.45) is 0. The topological polar surface area (TPSA) is 113 Å². The molecular weight excluding hydrogens is 248 g/mol. The number of amides is 1. The van der Waals surface area contributed by atoms with E-state index in [9.17, 15) is 9.59 Å². The molecule has 19 heavy (non-hydrogen) atoms. The van der Waals surface area contributed by atoms with Crippen LogP contribution in [0.5, 0.6) is 0 Å². The Bertz CT molecular complexity index is 648. The number of nitrogens with zero attached hydrogens (tertiary/aromatic N) is 2. The first kappa shape index (κ1) is 12.9. The molecule has 0 fully saturated rings. The van der Waals surface area contributed by atoms with Crippen LogP contribution in [-0.2, 0) is 16.1 Å². The van der Waals surface area contributed by atoms with Crippen molar-refractivity contribution in [1.29, 1.82) is 0 Å². The highest BCUT2D eigenvalue weighted by atomic mass is 16.5. The van der Waals surface area contributed by atoms with E-state index >= 15 is 0 Å². The maximum atomic E-state index is 11.5. The van der Waals surface area contributed by atoms with E-state index in [1.807, 2.05) is 0 Å². The molecule has 0 radical (unpaired) electrons. The van der Waals surface area contributed by atoms with E-state index in [0.29, 0.717) is 23.2 Å². The molecule has 7 heteroatoms. The number of imidazole rings is 1. The van der Waals surface area contributed by atoms with Crippen LogP contribution in [-0.4, -0.2) is 28.0 Å². The van der Waals surface area contributed by atoms with Crippen LogP contribution in [0.1, 0.15) is 17.3 Å². The number of hydrogen-bond acceptors (Lipinski definition) is 5. The molecular formula is C12H14N4O3. The smallest absolute Gasteiger partial charge is 0.326 e. The van der Waals surface area contributed by atoms with Gasteiger partial charge >= 0.3 is 5.97 Å². The highest BCUT2D eigenvalue weighted by Crippen LogP contribution is 2.19. The summed E-state index contributed by atoms with van der Waals surface area (Å²) < 4.78 is 6.39. The van der Waals surface area contributed by atoms with Gasteiger partial charge in [0.05, 0.1) is 17.6 Å². The van der Waals surface area contributed by atoms with Crippen LogP contribution in [0.4, 0.5) is 5.95 Å². The van der Waals surface area contributed by atoms with Crippen molar-refractivity contribution < 1.29 is 14.3 Å². The number of ether oxygens (including phenoxy) is 1. The minimum absolute atomic E-state index is 0.0217. The number of primary amides is 1. The summed E-state index contributed by atoms with van der Waals surface area (Å²) in [5.74, 6) is -0.752. The molecule has 2 aromatic rings. The van der Waals surface area contributed by atoms with E-state index in [-0.39, 0.29) is 12.5 Å². The second-order valence-corrected chi connectivity index (χ2v) is 3.93. The molecule has 1 amide bonds. The SMILES string of the molecule is CCOC(=O)Cn1c(N)nc2cc(C(N)=O)ccc21. The van der Waals surface area contributed by atoms with Gasteiger partial charge in [0.2, 0.25) is 11.9 Å². The molecule has 100 valence electrons. The van der Waals surface area contributed by atoms with Gasteiger partial charge in [-0.05, 0) is 25.1 Å². The Kier molecular flexibility index (Phi) is 3.37. The summed E-state index contributed by atoms with van der Waals surface area (Å²) in [4.78, 5) is 26.7. The van der Waals surface area contributed by atoms with E-state index in [2.05, 4.69) is 4.98 Å². The Balaban J connectivity index is 2.42. The third-order valence-electron chi connectivity index (χ3n) is 2.65. The molecule has 0 bridgehead atoms. The van der Waals surface area contributed by atoms with E-state index in [1.54, 1.807) is 19.1 Å². The lowest BCUT2D eigenvalue weighted by Gasteiger charge is -2.05. The Hall–Kier alpha value is -2.57. The Labute approximate surface area is 109 Å². The van der Waals surface area contributed by atoms with Gasteiger partial charge in [0.25, 0.3) is 0 Å². The maximum absolute atomic E-state index is 11.5. The van der Waals surface area contributed by atoms with Crippen LogP contribution >= 0.6 is 0 Å². The normalized spacial score (nSPS) is 10.6. The third kappa shape index (κ3) is 2.49. The van der Waals surface area contributed by atoms with Crippen molar-refractivity contribution in [3.63, 3.8) is 0 Å². The molecule has 0 spiro atoms. The lowest BCUT2D eigenvalue weighted by Crippen LogP contribution is -2.15. The van der Waals surface area contributed by atoms with Crippen LogP contribution in [0.3, 0.4) is 0 Å². The van der Waals surface area contributed by atoms with Crippen molar-refractivity contribution in [1.82, 2.24) is 9.55 Å². The predicted octanol–water partition coefficient (Wildman–Crippen LogP) is 0.281. The van der Waals surface area contributed by atoms with Crippen LogP contribution in [0.25, 0.3) is 11.0 Å². The summed E-state index contributed by atoms with van der Waals surface area (Å²) in [5.41, 5.74) is 12.4. The molecule has 4 N–H and O–H groups in total. The van der Waals surface area contributed by atoms with Crippen molar-refractivity contribution in [3.05, 3.63) is 23.8 Å². The maximum Gasteiger partial charge on any atom is 0.326 e. The number of carbonyl (C=O) groups is 2. The molecule has 1 aromatic heterocycles. The van der Waals surface area contributed by atoms with E-state index in [0.717, 1.165) is 0 Å². The lowest BCUT2D eigenvalue weighted by molar-refractivity contribution is -0.143. The summed E-state index contributed by atoms with van der Waals surface area (Å²) in [5, 5.41) is 0. The summed E-state index contributed by atoms with van der Waals surface area (Å²) in [7, 11) is 0. The summed E-state index contributed by atoms with van der Waals surface area (Å²) in [6.45, 7) is 2.01. The van der Waals surface area contributed by atoms with E-state index < -0.39 is 11.9 Å². The lowest BCUT2D eigenvalue weighted by atomic mass is 10.2. The predicted molar refractivity (Wildman–Crippen MR) is 69.3 cm³/mol. The van der Waals surface area contributed by atoms with Gasteiger partial charge in [-0.1, -0.05) is 0 Å². The number of anilines is 1. The van der Waals surface area contributed by atoms with Crippen molar-refractivity contribution in [3.8, 4) is 0 Å². The quantitative estimate of drug-likeness (QED) is 0.768. The van der Waals surface area contributed by atoms with Crippen molar-refractivity contribution in [2.75, 3.05) is 12.3 Å². The van der Waals surface area contributed by atoms with Crippen LogP contribution in [0, 0.1) is 0 Å². The Morgan fingerprint density at radius 1 is 1.42 bits per heavy atom. The molecule has 0 saturated heterocycles. The molecule has 0 atom stereocenters. The second kappa shape index (κ2) is 4.97. The van der Waals surface area contributed by atoms with Gasteiger partial charge in [-0.25, -0.2) is 4.98 Å². The zero-order valence-corrected chi connectivity index (χ0v) is 10.4. The average molecular weight is 262 g/mol. The first-order valence-electron chi connectivity index (χ1n) is 5.74. The number of nitrogen functional groups attached to an aromatic ring is 1. The van der Waals surface area contributed by atoms with Gasteiger partial charge in [0.1, 0.15) is 6.54 Å².